The van der Waals surface area contributed by atoms with Crippen molar-refractivity contribution in [3.63, 3.8) is 0 Å². The van der Waals surface area contributed by atoms with Crippen LogP contribution in [0.15, 0.2) is 23.0 Å². The lowest BCUT2D eigenvalue weighted by atomic mass is 10.3. The maximum absolute atomic E-state index is 13.2. The number of halogens is 1. The predicted molar refractivity (Wildman–Crippen MR) is 84.0 cm³/mol. The highest BCUT2D eigenvalue weighted by Crippen LogP contribution is 2.18. The number of aryl methyl sites for hydroxylation is 1. The fraction of sp³-hybridized carbons (Fsp3) is 0.231. The van der Waals surface area contributed by atoms with Crippen molar-refractivity contribution in [1.29, 1.82) is 0 Å². The number of fused-ring (bicyclic) bond motifs is 1. The molecule has 0 unspecified atom stereocenters. The molecule has 0 aliphatic heterocycles. The third-order valence-electron chi connectivity index (χ3n) is 2.91. The van der Waals surface area contributed by atoms with Crippen molar-refractivity contribution in [2.75, 3.05) is 5.32 Å². The highest BCUT2D eigenvalue weighted by Gasteiger charge is 2.13. The van der Waals surface area contributed by atoms with Gasteiger partial charge in [0, 0.05) is 0 Å². The molecule has 6 nitrogen and oxygen atoms in total. The SMILES string of the molecule is CCc1nnc(NC(=O)Cn2sc3cc(F)ccc3c2=O)s1. The first-order chi connectivity index (χ1) is 10.6. The van der Waals surface area contributed by atoms with E-state index in [9.17, 15) is 14.0 Å². The van der Waals surface area contributed by atoms with E-state index in [1.54, 1.807) is 0 Å². The number of nitrogens with zero attached hydrogens (tertiary/aromatic N) is 3. The molecule has 9 heteroatoms. The Bertz CT molecular complexity index is 899. The number of rotatable bonds is 4. The van der Waals surface area contributed by atoms with Gasteiger partial charge in [0.2, 0.25) is 11.0 Å². The van der Waals surface area contributed by atoms with E-state index < -0.39 is 5.82 Å². The van der Waals surface area contributed by atoms with Crippen LogP contribution in [0.25, 0.3) is 10.1 Å². The van der Waals surface area contributed by atoms with Crippen LogP contribution in [-0.4, -0.2) is 20.1 Å². The van der Waals surface area contributed by atoms with Crippen LogP contribution in [0, 0.1) is 5.82 Å². The van der Waals surface area contributed by atoms with Crippen LogP contribution in [0.4, 0.5) is 9.52 Å². The van der Waals surface area contributed by atoms with Gasteiger partial charge < -0.3 is 0 Å². The smallest absolute Gasteiger partial charge is 0.269 e. The van der Waals surface area contributed by atoms with Crippen molar-refractivity contribution in [2.45, 2.75) is 19.9 Å². The molecular weight excluding hydrogens is 327 g/mol. The predicted octanol–water partition coefficient (Wildman–Crippen LogP) is 2.25. The maximum Gasteiger partial charge on any atom is 0.269 e. The van der Waals surface area contributed by atoms with Crippen LogP contribution < -0.4 is 10.9 Å². The zero-order chi connectivity index (χ0) is 15.7. The molecule has 0 spiro atoms. The molecule has 0 atom stereocenters. The number of carbonyl (C=O) groups is 1. The third-order valence-corrected chi connectivity index (χ3v) is 4.94. The van der Waals surface area contributed by atoms with Gasteiger partial charge in [-0.1, -0.05) is 29.8 Å². The normalized spacial score (nSPS) is 11.0. The number of hydrogen-bond donors (Lipinski definition) is 1. The highest BCUT2D eigenvalue weighted by molar-refractivity contribution is 7.15. The Hall–Kier alpha value is -2.13. The molecule has 0 saturated carbocycles. The highest BCUT2D eigenvalue weighted by atomic mass is 32.1. The summed E-state index contributed by atoms with van der Waals surface area (Å²) in [5.74, 6) is -0.778. The molecule has 2 aromatic heterocycles. The molecule has 0 saturated heterocycles. The minimum absolute atomic E-state index is 0.138. The molecule has 22 heavy (non-hydrogen) atoms. The van der Waals surface area contributed by atoms with Crippen LogP contribution >= 0.6 is 22.9 Å². The number of aromatic nitrogens is 3. The van der Waals surface area contributed by atoms with E-state index in [0.717, 1.165) is 23.0 Å². The first-order valence-electron chi connectivity index (χ1n) is 6.48. The maximum atomic E-state index is 13.2. The quantitative estimate of drug-likeness (QED) is 0.791. The molecule has 3 aromatic rings. The molecule has 1 amide bonds. The van der Waals surface area contributed by atoms with Gasteiger partial charge in [-0.05, 0) is 24.6 Å². The molecule has 0 radical (unpaired) electrons. The zero-order valence-corrected chi connectivity index (χ0v) is 13.1. The topological polar surface area (TPSA) is 76.9 Å². The monoisotopic (exact) mass is 338 g/mol. The van der Waals surface area contributed by atoms with Gasteiger partial charge in [0.1, 0.15) is 17.4 Å². The summed E-state index contributed by atoms with van der Waals surface area (Å²) in [6, 6.07) is 3.94. The Balaban J connectivity index is 1.79. The molecule has 1 N–H and O–H groups in total. The minimum atomic E-state index is -0.411. The summed E-state index contributed by atoms with van der Waals surface area (Å²) in [6.07, 6.45) is 0.745. The fourth-order valence-electron chi connectivity index (χ4n) is 1.88. The summed E-state index contributed by atoms with van der Waals surface area (Å²) in [5.41, 5.74) is -0.304. The molecule has 0 aliphatic carbocycles. The van der Waals surface area contributed by atoms with Gasteiger partial charge in [-0.2, -0.15) is 0 Å². The summed E-state index contributed by atoms with van der Waals surface area (Å²) >= 11 is 2.35. The van der Waals surface area contributed by atoms with Crippen molar-refractivity contribution in [3.8, 4) is 0 Å². The fourth-order valence-corrected chi connectivity index (χ4v) is 3.60. The molecule has 2 heterocycles. The average molecular weight is 338 g/mol. The van der Waals surface area contributed by atoms with Gasteiger partial charge in [-0.15, -0.1) is 10.2 Å². The Kier molecular flexibility index (Phi) is 3.99. The largest absolute Gasteiger partial charge is 0.299 e. The van der Waals surface area contributed by atoms with Crippen LogP contribution in [0.3, 0.4) is 0 Å². The summed E-state index contributed by atoms with van der Waals surface area (Å²) in [6.45, 7) is 1.81. The zero-order valence-electron chi connectivity index (χ0n) is 11.5. The number of hydrogen-bond acceptors (Lipinski definition) is 6. The van der Waals surface area contributed by atoms with Gasteiger partial charge >= 0.3 is 0 Å². The number of carbonyl (C=O) groups excluding carboxylic acids is 1. The number of benzene rings is 1. The second-order valence-corrected chi connectivity index (χ2v) is 6.60. The van der Waals surface area contributed by atoms with Gasteiger partial charge in [0.05, 0.1) is 10.1 Å². The summed E-state index contributed by atoms with van der Waals surface area (Å²) < 4.78 is 15.0. The van der Waals surface area contributed by atoms with Crippen LogP contribution in [0.5, 0.6) is 0 Å². The summed E-state index contributed by atoms with van der Waals surface area (Å²) in [5, 5.41) is 12.0. The van der Waals surface area contributed by atoms with Gasteiger partial charge in [0.25, 0.3) is 5.56 Å². The van der Waals surface area contributed by atoms with Crippen molar-refractivity contribution in [1.82, 2.24) is 14.2 Å². The van der Waals surface area contributed by atoms with E-state index in [1.165, 1.54) is 33.5 Å². The molecule has 1 aromatic carbocycles. The van der Waals surface area contributed by atoms with Gasteiger partial charge in [0.15, 0.2) is 0 Å². The van der Waals surface area contributed by atoms with E-state index in [0.29, 0.717) is 15.2 Å². The second kappa shape index (κ2) is 5.93. The van der Waals surface area contributed by atoms with Crippen molar-refractivity contribution < 1.29 is 9.18 Å². The lowest BCUT2D eigenvalue weighted by molar-refractivity contribution is -0.116. The van der Waals surface area contributed by atoms with Gasteiger partial charge in [-0.3, -0.25) is 18.9 Å². The molecule has 0 bridgehead atoms. The van der Waals surface area contributed by atoms with E-state index in [2.05, 4.69) is 15.5 Å². The van der Waals surface area contributed by atoms with E-state index in [1.807, 2.05) is 6.92 Å². The van der Waals surface area contributed by atoms with E-state index in [-0.39, 0.29) is 18.0 Å². The van der Waals surface area contributed by atoms with Gasteiger partial charge in [-0.25, -0.2) is 4.39 Å². The average Bonchev–Trinajstić information content (AvgIpc) is 3.04. The Labute approximate surface area is 132 Å². The standard InChI is InChI=1S/C13H11FN4O2S2/c1-2-11-16-17-13(21-11)15-10(19)6-18-12(20)8-4-3-7(14)5-9(8)22-18/h3-5H,2,6H2,1H3,(H,15,17,19). The lowest BCUT2D eigenvalue weighted by Crippen LogP contribution is -2.23. The second-order valence-electron chi connectivity index (χ2n) is 4.48. The molecular formula is C13H11FN4O2S2. The summed E-state index contributed by atoms with van der Waals surface area (Å²) in [7, 11) is 0. The third kappa shape index (κ3) is 2.90. The molecule has 3 rings (SSSR count). The van der Waals surface area contributed by atoms with E-state index in [4.69, 9.17) is 0 Å². The Morgan fingerprint density at radius 1 is 1.41 bits per heavy atom. The number of anilines is 1. The van der Waals surface area contributed by atoms with Crippen molar-refractivity contribution in [2.24, 2.45) is 0 Å². The molecule has 114 valence electrons. The molecule has 0 fully saturated rings. The molecule has 0 aliphatic rings. The van der Waals surface area contributed by atoms with Crippen molar-refractivity contribution in [3.05, 3.63) is 39.4 Å². The summed E-state index contributed by atoms with van der Waals surface area (Å²) in [4.78, 5) is 24.1. The number of amides is 1. The first kappa shape index (κ1) is 14.8. The van der Waals surface area contributed by atoms with Crippen molar-refractivity contribution >= 4 is 44.0 Å². The Morgan fingerprint density at radius 3 is 2.95 bits per heavy atom. The first-order valence-corrected chi connectivity index (χ1v) is 8.07. The minimum Gasteiger partial charge on any atom is -0.299 e. The van der Waals surface area contributed by atoms with E-state index >= 15 is 0 Å². The van der Waals surface area contributed by atoms with Crippen LogP contribution in [-0.2, 0) is 17.8 Å². The lowest BCUT2D eigenvalue weighted by Gasteiger charge is -2.00. The number of nitrogens with one attached hydrogen (secondary N) is 1. The van der Waals surface area contributed by atoms with Crippen LogP contribution in [0.2, 0.25) is 0 Å². The Morgan fingerprint density at radius 2 is 2.23 bits per heavy atom. The van der Waals surface area contributed by atoms with Crippen LogP contribution in [0.1, 0.15) is 11.9 Å².